The molecule has 0 aromatic carbocycles. The van der Waals surface area contributed by atoms with Gasteiger partial charge in [-0.05, 0) is 25.0 Å². The van der Waals surface area contributed by atoms with Crippen molar-refractivity contribution in [1.82, 2.24) is 4.98 Å². The molecule has 18 heavy (non-hydrogen) atoms. The normalized spacial score (nSPS) is 26.1. The number of primary amides is 1. The van der Waals surface area contributed by atoms with Crippen LogP contribution in [0.4, 0.5) is 16.3 Å². The second-order valence-corrected chi connectivity index (χ2v) is 4.76. The molecular weight excluding hydrogens is 232 g/mol. The molecule has 1 aromatic heterocycles. The van der Waals surface area contributed by atoms with Crippen molar-refractivity contribution < 1.29 is 9.53 Å². The van der Waals surface area contributed by atoms with Gasteiger partial charge in [-0.2, -0.15) is 0 Å². The highest BCUT2D eigenvalue weighted by atomic mass is 16.5. The number of morpholine rings is 1. The van der Waals surface area contributed by atoms with Crippen molar-refractivity contribution in [3.05, 3.63) is 18.3 Å². The minimum absolute atomic E-state index is 0.342. The molecule has 2 amide bonds. The molecule has 0 radical (unpaired) electrons. The van der Waals surface area contributed by atoms with Gasteiger partial charge in [-0.15, -0.1) is 0 Å². The van der Waals surface area contributed by atoms with Crippen LogP contribution in [0.5, 0.6) is 0 Å². The summed E-state index contributed by atoms with van der Waals surface area (Å²) in [6, 6.07) is 3.13. The van der Waals surface area contributed by atoms with Crippen molar-refractivity contribution in [2.24, 2.45) is 5.73 Å². The third kappa shape index (κ3) is 2.24. The zero-order valence-electron chi connectivity index (χ0n) is 10.0. The van der Waals surface area contributed by atoms with E-state index in [-0.39, 0.29) is 0 Å². The van der Waals surface area contributed by atoms with Crippen LogP contribution in [0.2, 0.25) is 0 Å². The summed E-state index contributed by atoms with van der Waals surface area (Å²) in [6.07, 6.45) is 4.59. The van der Waals surface area contributed by atoms with Crippen LogP contribution in [0, 0.1) is 0 Å². The quantitative estimate of drug-likeness (QED) is 0.816. The van der Waals surface area contributed by atoms with Gasteiger partial charge in [0.2, 0.25) is 0 Å². The zero-order valence-corrected chi connectivity index (χ0v) is 10.0. The van der Waals surface area contributed by atoms with Gasteiger partial charge in [0, 0.05) is 13.1 Å². The Labute approximate surface area is 105 Å². The molecule has 3 rings (SSSR count). The summed E-state index contributed by atoms with van der Waals surface area (Å²) in [7, 11) is 0. The summed E-state index contributed by atoms with van der Waals surface area (Å²) in [4.78, 5) is 17.3. The lowest BCUT2D eigenvalue weighted by Gasteiger charge is -2.32. The number of hydrogen-bond acceptors (Lipinski definition) is 4. The number of urea groups is 1. The number of nitrogens with one attached hydrogen (secondary N) is 1. The maximum Gasteiger partial charge on any atom is 0.316 e. The van der Waals surface area contributed by atoms with E-state index in [0.717, 1.165) is 31.7 Å². The highest BCUT2D eigenvalue weighted by Gasteiger charge is 2.34. The van der Waals surface area contributed by atoms with Crippen molar-refractivity contribution in [3.8, 4) is 0 Å². The van der Waals surface area contributed by atoms with Crippen LogP contribution in [0.1, 0.15) is 12.8 Å². The molecule has 6 nitrogen and oxygen atoms in total. The number of fused-ring (bicyclic) bond motifs is 2. The number of rotatable bonds is 2. The number of pyridine rings is 1. The molecule has 2 unspecified atom stereocenters. The summed E-state index contributed by atoms with van der Waals surface area (Å²) in [5.41, 5.74) is 5.66. The Hall–Kier alpha value is -1.82. The molecule has 96 valence electrons. The highest BCUT2D eigenvalue weighted by Crippen LogP contribution is 2.28. The lowest BCUT2D eigenvalue weighted by atomic mass is 10.2. The maximum absolute atomic E-state index is 10.7. The van der Waals surface area contributed by atoms with E-state index in [1.54, 1.807) is 6.20 Å². The van der Waals surface area contributed by atoms with Gasteiger partial charge in [-0.1, -0.05) is 0 Å². The number of amides is 2. The first-order valence-electron chi connectivity index (χ1n) is 6.13. The average molecular weight is 248 g/mol. The molecule has 2 fully saturated rings. The van der Waals surface area contributed by atoms with E-state index in [2.05, 4.69) is 15.2 Å². The minimum atomic E-state index is -0.575. The molecule has 6 heteroatoms. The molecule has 2 bridgehead atoms. The number of carbonyl (C=O) groups excluding carboxylic acids is 1. The molecule has 2 atom stereocenters. The van der Waals surface area contributed by atoms with Gasteiger partial charge in [0.1, 0.15) is 5.82 Å². The Morgan fingerprint density at radius 1 is 1.39 bits per heavy atom. The zero-order chi connectivity index (χ0) is 12.5. The highest BCUT2D eigenvalue weighted by molar-refractivity contribution is 5.87. The third-order valence-electron chi connectivity index (χ3n) is 3.38. The summed E-state index contributed by atoms with van der Waals surface area (Å²) in [6.45, 7) is 1.79. The van der Waals surface area contributed by atoms with Gasteiger partial charge in [-0.3, -0.25) is 0 Å². The van der Waals surface area contributed by atoms with Crippen LogP contribution >= 0.6 is 0 Å². The topological polar surface area (TPSA) is 80.5 Å². The van der Waals surface area contributed by atoms with E-state index >= 15 is 0 Å². The van der Waals surface area contributed by atoms with Crippen molar-refractivity contribution >= 4 is 17.5 Å². The number of nitrogens with two attached hydrogens (primary N) is 1. The van der Waals surface area contributed by atoms with E-state index in [1.807, 2.05) is 12.1 Å². The lowest BCUT2D eigenvalue weighted by Crippen LogP contribution is -2.43. The monoisotopic (exact) mass is 248 g/mol. The van der Waals surface area contributed by atoms with Crippen LogP contribution in [-0.4, -0.2) is 36.3 Å². The molecule has 0 aliphatic carbocycles. The van der Waals surface area contributed by atoms with Crippen molar-refractivity contribution in [1.29, 1.82) is 0 Å². The van der Waals surface area contributed by atoms with Gasteiger partial charge in [0.15, 0.2) is 0 Å². The molecular formula is C12H16N4O2. The fraction of sp³-hybridized carbons (Fsp3) is 0.500. The summed E-state index contributed by atoms with van der Waals surface area (Å²) >= 11 is 0. The summed E-state index contributed by atoms with van der Waals surface area (Å²) in [5, 5.41) is 2.50. The Kier molecular flexibility index (Phi) is 2.79. The molecule has 0 saturated carbocycles. The molecule has 3 heterocycles. The average Bonchev–Trinajstić information content (AvgIpc) is 2.68. The summed E-state index contributed by atoms with van der Waals surface area (Å²) < 4.78 is 5.78. The fourth-order valence-electron chi connectivity index (χ4n) is 2.59. The molecule has 0 spiro atoms. The first-order valence-corrected chi connectivity index (χ1v) is 6.13. The molecule has 2 aliphatic heterocycles. The van der Waals surface area contributed by atoms with Crippen molar-refractivity contribution in [2.75, 3.05) is 23.3 Å². The largest absolute Gasteiger partial charge is 0.371 e. The van der Waals surface area contributed by atoms with Crippen LogP contribution in [0.15, 0.2) is 18.3 Å². The first-order chi connectivity index (χ1) is 8.70. The van der Waals surface area contributed by atoms with E-state index in [4.69, 9.17) is 10.5 Å². The van der Waals surface area contributed by atoms with E-state index in [1.165, 1.54) is 0 Å². The third-order valence-corrected chi connectivity index (χ3v) is 3.38. The van der Waals surface area contributed by atoms with E-state index < -0.39 is 6.03 Å². The van der Waals surface area contributed by atoms with Crippen LogP contribution < -0.4 is 16.0 Å². The second kappa shape index (κ2) is 4.45. The molecule has 1 aromatic rings. The Balaban J connectivity index is 1.71. The van der Waals surface area contributed by atoms with Gasteiger partial charge in [0.25, 0.3) is 0 Å². The number of anilines is 2. The molecule has 2 saturated heterocycles. The van der Waals surface area contributed by atoms with Crippen molar-refractivity contribution in [2.45, 2.75) is 25.0 Å². The minimum Gasteiger partial charge on any atom is -0.371 e. The SMILES string of the molecule is NC(=O)Nc1ccc(N2CC3CCC(C2)O3)nc1. The van der Waals surface area contributed by atoms with Crippen molar-refractivity contribution in [3.63, 3.8) is 0 Å². The number of carbonyl (C=O) groups is 1. The number of hydrogen-bond donors (Lipinski definition) is 2. The second-order valence-electron chi connectivity index (χ2n) is 4.76. The fourth-order valence-corrected chi connectivity index (χ4v) is 2.59. The number of nitrogens with zero attached hydrogens (tertiary/aromatic N) is 2. The maximum atomic E-state index is 10.7. The lowest BCUT2D eigenvalue weighted by molar-refractivity contribution is 0.0302. The first kappa shape index (κ1) is 11.3. The smallest absolute Gasteiger partial charge is 0.316 e. The van der Waals surface area contributed by atoms with Gasteiger partial charge < -0.3 is 20.7 Å². The predicted molar refractivity (Wildman–Crippen MR) is 67.6 cm³/mol. The van der Waals surface area contributed by atoms with Crippen LogP contribution in [0.3, 0.4) is 0 Å². The molecule has 2 aliphatic rings. The number of ether oxygens (including phenoxy) is 1. The summed E-state index contributed by atoms with van der Waals surface area (Å²) in [5.74, 6) is 0.922. The van der Waals surface area contributed by atoms with Gasteiger partial charge in [0.05, 0.1) is 24.1 Å². The number of aromatic nitrogens is 1. The Morgan fingerprint density at radius 3 is 2.67 bits per heavy atom. The van der Waals surface area contributed by atoms with Crippen LogP contribution in [0.25, 0.3) is 0 Å². The van der Waals surface area contributed by atoms with E-state index in [0.29, 0.717) is 17.9 Å². The standard InChI is InChI=1S/C12H16N4O2/c13-12(17)15-8-1-4-11(14-5-8)16-6-9-2-3-10(7-16)18-9/h1,4-5,9-10H,2-3,6-7H2,(H3,13,15,17). The van der Waals surface area contributed by atoms with Crippen LogP contribution in [-0.2, 0) is 4.74 Å². The van der Waals surface area contributed by atoms with Gasteiger partial charge in [-0.25, -0.2) is 9.78 Å². The Morgan fingerprint density at radius 2 is 2.11 bits per heavy atom. The van der Waals surface area contributed by atoms with Gasteiger partial charge >= 0.3 is 6.03 Å². The van der Waals surface area contributed by atoms with E-state index in [9.17, 15) is 4.79 Å². The Bertz CT molecular complexity index is 436. The predicted octanol–water partition coefficient (Wildman–Crippen LogP) is 0.940. The molecule has 3 N–H and O–H groups in total.